The van der Waals surface area contributed by atoms with Gasteiger partial charge in [-0.05, 0) is 31.4 Å². The molecule has 0 atom stereocenters. The minimum absolute atomic E-state index is 1.34. The van der Waals surface area contributed by atoms with Crippen LogP contribution in [0.5, 0.6) is 0 Å². The Hall–Kier alpha value is -0.820. The minimum atomic E-state index is 1.34. The first kappa shape index (κ1) is 6.86. The topological polar surface area (TPSA) is 0 Å². The molecule has 0 aliphatic rings. The molecule has 11 heavy (non-hydrogen) atoms. The highest BCUT2D eigenvalue weighted by molar-refractivity contribution is 7.19. The Balaban J connectivity index is 2.82. The Kier molecular flexibility index (Phi) is 1.46. The second kappa shape index (κ2) is 2.35. The SMILES string of the molecule is Cc1ccc2sc(C)cc2c1. The number of thiophene rings is 1. The lowest BCUT2D eigenvalue weighted by atomic mass is 10.2. The van der Waals surface area contributed by atoms with Crippen LogP contribution < -0.4 is 0 Å². The Morgan fingerprint density at radius 1 is 1.09 bits per heavy atom. The first-order valence-corrected chi connectivity index (χ1v) is 4.54. The fourth-order valence-corrected chi connectivity index (χ4v) is 2.20. The van der Waals surface area contributed by atoms with Crippen LogP contribution in [-0.4, -0.2) is 0 Å². The van der Waals surface area contributed by atoms with E-state index in [1.807, 2.05) is 11.3 Å². The zero-order valence-corrected chi connectivity index (χ0v) is 7.53. The summed E-state index contributed by atoms with van der Waals surface area (Å²) in [5.41, 5.74) is 1.34. The van der Waals surface area contributed by atoms with Gasteiger partial charge in [0.05, 0.1) is 0 Å². The molecule has 0 aliphatic carbocycles. The van der Waals surface area contributed by atoms with Gasteiger partial charge < -0.3 is 0 Å². The van der Waals surface area contributed by atoms with Crippen LogP contribution in [0.1, 0.15) is 10.4 Å². The zero-order valence-electron chi connectivity index (χ0n) is 6.72. The zero-order chi connectivity index (χ0) is 7.84. The van der Waals surface area contributed by atoms with Crippen LogP contribution in [0.15, 0.2) is 24.3 Å². The maximum Gasteiger partial charge on any atom is 0.0345 e. The molecule has 0 saturated carbocycles. The average molecular weight is 162 g/mol. The fraction of sp³-hybridized carbons (Fsp3) is 0.200. The molecule has 1 heterocycles. The highest BCUT2D eigenvalue weighted by atomic mass is 32.1. The predicted octanol–water partition coefficient (Wildman–Crippen LogP) is 3.52. The molecule has 0 spiro atoms. The number of benzene rings is 1. The number of fused-ring (bicyclic) bond motifs is 1. The summed E-state index contributed by atoms with van der Waals surface area (Å²) >= 11 is 1.86. The molecule has 0 fully saturated rings. The van der Waals surface area contributed by atoms with E-state index >= 15 is 0 Å². The van der Waals surface area contributed by atoms with Crippen molar-refractivity contribution in [3.05, 3.63) is 34.7 Å². The molecule has 1 aromatic heterocycles. The average Bonchev–Trinajstić information content (AvgIpc) is 2.27. The monoisotopic (exact) mass is 162 g/mol. The molecule has 1 aromatic carbocycles. The molecule has 0 bridgehead atoms. The van der Waals surface area contributed by atoms with Gasteiger partial charge in [0.15, 0.2) is 0 Å². The van der Waals surface area contributed by atoms with E-state index in [4.69, 9.17) is 0 Å². The summed E-state index contributed by atoms with van der Waals surface area (Å²) in [6.45, 7) is 4.28. The van der Waals surface area contributed by atoms with Crippen molar-refractivity contribution in [2.45, 2.75) is 13.8 Å². The van der Waals surface area contributed by atoms with Gasteiger partial charge in [-0.25, -0.2) is 0 Å². The number of rotatable bonds is 0. The quantitative estimate of drug-likeness (QED) is 0.556. The molecule has 0 aliphatic heterocycles. The highest BCUT2D eigenvalue weighted by Crippen LogP contribution is 2.25. The lowest BCUT2D eigenvalue weighted by Gasteiger charge is -1.89. The lowest BCUT2D eigenvalue weighted by molar-refractivity contribution is 1.51. The van der Waals surface area contributed by atoms with Crippen molar-refractivity contribution < 1.29 is 0 Å². The molecule has 0 N–H and O–H groups in total. The van der Waals surface area contributed by atoms with E-state index < -0.39 is 0 Å². The summed E-state index contributed by atoms with van der Waals surface area (Å²) in [7, 11) is 0. The molecule has 0 saturated heterocycles. The molecular formula is C10H10S. The smallest absolute Gasteiger partial charge is 0.0345 e. The Morgan fingerprint density at radius 2 is 1.91 bits per heavy atom. The van der Waals surface area contributed by atoms with Crippen LogP contribution in [0.3, 0.4) is 0 Å². The summed E-state index contributed by atoms with van der Waals surface area (Å²) in [6.07, 6.45) is 0. The summed E-state index contributed by atoms with van der Waals surface area (Å²) < 4.78 is 1.40. The van der Waals surface area contributed by atoms with E-state index in [1.165, 1.54) is 20.5 Å². The van der Waals surface area contributed by atoms with Crippen molar-refractivity contribution in [1.82, 2.24) is 0 Å². The Bertz CT molecular complexity index is 385. The van der Waals surface area contributed by atoms with Gasteiger partial charge in [-0.3, -0.25) is 0 Å². The van der Waals surface area contributed by atoms with Crippen molar-refractivity contribution in [3.63, 3.8) is 0 Å². The molecule has 2 aromatic rings. The molecule has 0 radical (unpaired) electrons. The van der Waals surface area contributed by atoms with Crippen LogP contribution in [0.2, 0.25) is 0 Å². The van der Waals surface area contributed by atoms with E-state index in [0.29, 0.717) is 0 Å². The summed E-state index contributed by atoms with van der Waals surface area (Å²) in [4.78, 5) is 1.39. The molecule has 2 rings (SSSR count). The largest absolute Gasteiger partial charge is 0.141 e. The van der Waals surface area contributed by atoms with E-state index in [9.17, 15) is 0 Å². The number of aryl methyl sites for hydroxylation is 2. The van der Waals surface area contributed by atoms with Crippen LogP contribution >= 0.6 is 11.3 Å². The third-order valence-corrected chi connectivity index (χ3v) is 2.83. The summed E-state index contributed by atoms with van der Waals surface area (Å²) in [6, 6.07) is 8.84. The highest BCUT2D eigenvalue weighted by Gasteiger charge is 1.96. The molecule has 56 valence electrons. The maximum atomic E-state index is 2.24. The van der Waals surface area contributed by atoms with Gasteiger partial charge in [0.1, 0.15) is 0 Å². The van der Waals surface area contributed by atoms with Crippen molar-refractivity contribution in [2.24, 2.45) is 0 Å². The summed E-state index contributed by atoms with van der Waals surface area (Å²) in [5.74, 6) is 0. The van der Waals surface area contributed by atoms with Gasteiger partial charge >= 0.3 is 0 Å². The molecule has 1 heteroatoms. The lowest BCUT2D eigenvalue weighted by Crippen LogP contribution is -1.67. The standard InChI is InChI=1S/C10H10S/c1-7-3-4-10-9(5-7)6-8(2)11-10/h3-6H,1-2H3. The third kappa shape index (κ3) is 1.16. The van der Waals surface area contributed by atoms with E-state index in [1.54, 1.807) is 0 Å². The number of hydrogen-bond donors (Lipinski definition) is 0. The molecule has 0 amide bonds. The van der Waals surface area contributed by atoms with Crippen LogP contribution in [-0.2, 0) is 0 Å². The van der Waals surface area contributed by atoms with Crippen LogP contribution in [0.25, 0.3) is 10.1 Å². The van der Waals surface area contributed by atoms with E-state index in [2.05, 4.69) is 38.1 Å². The van der Waals surface area contributed by atoms with Crippen LogP contribution in [0, 0.1) is 13.8 Å². The predicted molar refractivity (Wildman–Crippen MR) is 51.3 cm³/mol. The molecule has 0 nitrogen and oxygen atoms in total. The normalized spacial score (nSPS) is 10.7. The third-order valence-electron chi connectivity index (χ3n) is 1.80. The van der Waals surface area contributed by atoms with E-state index in [-0.39, 0.29) is 0 Å². The van der Waals surface area contributed by atoms with Crippen molar-refractivity contribution in [1.29, 1.82) is 0 Å². The molecule has 0 unspecified atom stereocenters. The Labute approximate surface area is 70.5 Å². The van der Waals surface area contributed by atoms with Gasteiger partial charge in [-0.15, -0.1) is 11.3 Å². The van der Waals surface area contributed by atoms with Crippen molar-refractivity contribution in [2.75, 3.05) is 0 Å². The van der Waals surface area contributed by atoms with Gasteiger partial charge in [-0.2, -0.15) is 0 Å². The first-order valence-electron chi connectivity index (χ1n) is 3.72. The number of hydrogen-bond acceptors (Lipinski definition) is 1. The minimum Gasteiger partial charge on any atom is -0.141 e. The van der Waals surface area contributed by atoms with E-state index in [0.717, 1.165) is 0 Å². The fourth-order valence-electron chi connectivity index (χ4n) is 1.30. The van der Waals surface area contributed by atoms with Crippen LogP contribution in [0.4, 0.5) is 0 Å². The van der Waals surface area contributed by atoms with Crippen molar-refractivity contribution >= 4 is 21.4 Å². The first-order chi connectivity index (χ1) is 5.25. The molecular weight excluding hydrogens is 152 g/mol. The van der Waals surface area contributed by atoms with Gasteiger partial charge in [0.25, 0.3) is 0 Å². The maximum absolute atomic E-state index is 2.24. The van der Waals surface area contributed by atoms with Gasteiger partial charge in [0, 0.05) is 9.58 Å². The Morgan fingerprint density at radius 3 is 2.73 bits per heavy atom. The van der Waals surface area contributed by atoms with Gasteiger partial charge in [-0.1, -0.05) is 17.7 Å². The van der Waals surface area contributed by atoms with Crippen molar-refractivity contribution in [3.8, 4) is 0 Å². The van der Waals surface area contributed by atoms with Gasteiger partial charge in [0.2, 0.25) is 0 Å². The second-order valence-corrected chi connectivity index (χ2v) is 4.19. The second-order valence-electron chi connectivity index (χ2n) is 2.90. The summed E-state index contributed by atoms with van der Waals surface area (Å²) in [5, 5.41) is 1.38.